The summed E-state index contributed by atoms with van der Waals surface area (Å²) in [6.45, 7) is 1.47. The van der Waals surface area contributed by atoms with Crippen molar-refractivity contribution in [1.29, 1.82) is 0 Å². The molecule has 3 nitrogen and oxygen atoms in total. The molecule has 1 aromatic carbocycles. The molecule has 0 unspecified atom stereocenters. The average Bonchev–Trinajstić information content (AvgIpc) is 2.33. The molecular formula is C13H18ClFN2O. The van der Waals surface area contributed by atoms with Crippen LogP contribution in [0.25, 0.3) is 0 Å². The highest BCUT2D eigenvalue weighted by Gasteiger charge is 2.21. The minimum absolute atomic E-state index is 0. The summed E-state index contributed by atoms with van der Waals surface area (Å²) in [4.78, 5) is 12.6. The number of likely N-dealkylation sites (tertiary alicyclic amines) is 1. The van der Waals surface area contributed by atoms with Gasteiger partial charge in [0.1, 0.15) is 5.82 Å². The van der Waals surface area contributed by atoms with Gasteiger partial charge in [-0.1, -0.05) is 12.1 Å². The molecule has 1 fully saturated rings. The van der Waals surface area contributed by atoms with Gasteiger partial charge in [0.05, 0.1) is 0 Å². The molecule has 1 aliphatic rings. The molecule has 1 aliphatic heterocycles. The molecule has 2 amide bonds. The third-order valence-corrected chi connectivity index (χ3v) is 3.36. The van der Waals surface area contributed by atoms with Gasteiger partial charge in [-0.05, 0) is 42.9 Å². The Balaban J connectivity index is 0.00000162. The Labute approximate surface area is 113 Å². The zero-order valence-corrected chi connectivity index (χ0v) is 11.0. The summed E-state index contributed by atoms with van der Waals surface area (Å²) in [5.41, 5.74) is 6.38. The van der Waals surface area contributed by atoms with Gasteiger partial charge < -0.3 is 10.6 Å². The highest BCUT2D eigenvalue weighted by Crippen LogP contribution is 2.21. The molecule has 5 heteroatoms. The fourth-order valence-corrected chi connectivity index (χ4v) is 2.31. The van der Waals surface area contributed by atoms with Crippen molar-refractivity contribution in [2.24, 2.45) is 11.7 Å². The van der Waals surface area contributed by atoms with Crippen LogP contribution in [0, 0.1) is 11.7 Å². The van der Waals surface area contributed by atoms with Crippen LogP contribution in [0.5, 0.6) is 0 Å². The Hall–Kier alpha value is -1.29. The predicted octanol–water partition coefficient (Wildman–Crippen LogP) is 2.58. The molecule has 0 aliphatic carbocycles. The summed E-state index contributed by atoms with van der Waals surface area (Å²) >= 11 is 0. The summed E-state index contributed by atoms with van der Waals surface area (Å²) in [6, 6.07) is 6.32. The van der Waals surface area contributed by atoms with Gasteiger partial charge in [0.2, 0.25) is 0 Å². The lowest BCUT2D eigenvalue weighted by molar-refractivity contribution is 0.179. The maximum atomic E-state index is 12.7. The number of nitrogens with two attached hydrogens (primary N) is 1. The van der Waals surface area contributed by atoms with E-state index in [1.165, 1.54) is 12.1 Å². The first-order valence-corrected chi connectivity index (χ1v) is 5.94. The van der Waals surface area contributed by atoms with Crippen LogP contribution >= 0.6 is 12.4 Å². The maximum Gasteiger partial charge on any atom is 0.314 e. The minimum atomic E-state index is -0.328. The summed E-state index contributed by atoms with van der Waals surface area (Å²) < 4.78 is 12.7. The molecule has 100 valence electrons. The number of hydrogen-bond donors (Lipinski definition) is 1. The van der Waals surface area contributed by atoms with Crippen LogP contribution in [0.3, 0.4) is 0 Å². The van der Waals surface area contributed by atoms with Gasteiger partial charge in [-0.25, -0.2) is 9.18 Å². The third kappa shape index (κ3) is 3.88. The number of piperidine rings is 1. The lowest BCUT2D eigenvalue weighted by Crippen LogP contribution is -2.41. The van der Waals surface area contributed by atoms with Crippen LogP contribution in [-0.2, 0) is 6.42 Å². The molecule has 2 rings (SSSR count). The second kappa shape index (κ2) is 6.59. The second-order valence-corrected chi connectivity index (χ2v) is 4.60. The second-order valence-electron chi connectivity index (χ2n) is 4.60. The Bertz CT molecular complexity index is 388. The van der Waals surface area contributed by atoms with Gasteiger partial charge >= 0.3 is 6.03 Å². The molecule has 0 aromatic heterocycles. The van der Waals surface area contributed by atoms with E-state index in [4.69, 9.17) is 5.73 Å². The number of hydrogen-bond acceptors (Lipinski definition) is 1. The number of carbonyl (C=O) groups excluding carboxylic acids is 1. The summed E-state index contributed by atoms with van der Waals surface area (Å²) in [5, 5.41) is 0. The zero-order chi connectivity index (χ0) is 12.3. The lowest BCUT2D eigenvalue weighted by atomic mass is 9.90. The highest BCUT2D eigenvalue weighted by molar-refractivity contribution is 5.85. The first-order valence-electron chi connectivity index (χ1n) is 5.94. The number of primary amides is 1. The molecular weight excluding hydrogens is 255 g/mol. The standard InChI is InChI=1S/C13H17FN2O.ClH/c14-12-3-1-10(2-4-12)9-11-5-7-16(8-6-11)13(15)17;/h1-4,11H,5-9H2,(H2,15,17);1H. The number of urea groups is 1. The van der Waals surface area contributed by atoms with E-state index in [9.17, 15) is 9.18 Å². The Morgan fingerprint density at radius 2 is 1.83 bits per heavy atom. The van der Waals surface area contributed by atoms with Gasteiger partial charge in [-0.3, -0.25) is 0 Å². The van der Waals surface area contributed by atoms with Crippen molar-refractivity contribution in [3.63, 3.8) is 0 Å². The van der Waals surface area contributed by atoms with Gasteiger partial charge in [-0.2, -0.15) is 0 Å². The summed E-state index contributed by atoms with van der Waals surface area (Å²) in [6.07, 6.45) is 2.90. The molecule has 1 saturated heterocycles. The van der Waals surface area contributed by atoms with E-state index in [0.29, 0.717) is 5.92 Å². The molecule has 1 aromatic rings. The molecule has 0 spiro atoms. The van der Waals surface area contributed by atoms with E-state index < -0.39 is 0 Å². The largest absolute Gasteiger partial charge is 0.351 e. The van der Waals surface area contributed by atoms with E-state index in [2.05, 4.69) is 0 Å². The molecule has 18 heavy (non-hydrogen) atoms. The number of benzene rings is 1. The molecule has 2 N–H and O–H groups in total. The topological polar surface area (TPSA) is 46.3 Å². The van der Waals surface area contributed by atoms with Gasteiger partial charge in [0.25, 0.3) is 0 Å². The van der Waals surface area contributed by atoms with Crippen molar-refractivity contribution in [3.8, 4) is 0 Å². The van der Waals surface area contributed by atoms with E-state index in [0.717, 1.165) is 37.9 Å². The van der Waals surface area contributed by atoms with Crippen molar-refractivity contribution < 1.29 is 9.18 Å². The Morgan fingerprint density at radius 3 is 2.33 bits per heavy atom. The van der Waals surface area contributed by atoms with Crippen LogP contribution in [0.15, 0.2) is 24.3 Å². The minimum Gasteiger partial charge on any atom is -0.351 e. The van der Waals surface area contributed by atoms with E-state index in [-0.39, 0.29) is 24.3 Å². The number of nitrogens with zero attached hydrogens (tertiary/aromatic N) is 1. The van der Waals surface area contributed by atoms with Crippen molar-refractivity contribution in [2.75, 3.05) is 13.1 Å². The van der Waals surface area contributed by atoms with Crippen LogP contribution in [-0.4, -0.2) is 24.0 Å². The van der Waals surface area contributed by atoms with Crippen LogP contribution < -0.4 is 5.73 Å². The van der Waals surface area contributed by atoms with Crippen molar-refractivity contribution in [1.82, 2.24) is 4.90 Å². The SMILES string of the molecule is Cl.NC(=O)N1CCC(Cc2ccc(F)cc2)CC1. The molecule has 0 atom stereocenters. The maximum absolute atomic E-state index is 12.7. The van der Waals surface area contributed by atoms with Crippen molar-refractivity contribution in [3.05, 3.63) is 35.6 Å². The first-order chi connectivity index (χ1) is 8.15. The van der Waals surface area contributed by atoms with Crippen LogP contribution in [0.4, 0.5) is 9.18 Å². The Morgan fingerprint density at radius 1 is 1.28 bits per heavy atom. The van der Waals surface area contributed by atoms with E-state index in [1.54, 1.807) is 4.90 Å². The monoisotopic (exact) mass is 272 g/mol. The van der Waals surface area contributed by atoms with Crippen LogP contribution in [0.2, 0.25) is 0 Å². The predicted molar refractivity (Wildman–Crippen MR) is 71.2 cm³/mol. The normalized spacial score (nSPS) is 16.2. The fraction of sp³-hybridized carbons (Fsp3) is 0.462. The van der Waals surface area contributed by atoms with E-state index >= 15 is 0 Å². The zero-order valence-electron chi connectivity index (χ0n) is 10.1. The van der Waals surface area contributed by atoms with Gasteiger partial charge in [-0.15, -0.1) is 12.4 Å². The molecule has 0 bridgehead atoms. The van der Waals surface area contributed by atoms with Gasteiger partial charge in [0.15, 0.2) is 0 Å². The number of amides is 2. The summed E-state index contributed by atoms with van der Waals surface area (Å²) in [5.74, 6) is 0.369. The average molecular weight is 273 g/mol. The smallest absolute Gasteiger partial charge is 0.314 e. The molecule has 0 saturated carbocycles. The van der Waals surface area contributed by atoms with Gasteiger partial charge in [0, 0.05) is 13.1 Å². The number of halogens is 2. The first kappa shape index (κ1) is 14.8. The highest BCUT2D eigenvalue weighted by atomic mass is 35.5. The number of carbonyl (C=O) groups is 1. The Kier molecular flexibility index (Phi) is 5.41. The van der Waals surface area contributed by atoms with Crippen LogP contribution in [0.1, 0.15) is 18.4 Å². The van der Waals surface area contributed by atoms with Crippen molar-refractivity contribution >= 4 is 18.4 Å². The molecule has 1 heterocycles. The quantitative estimate of drug-likeness (QED) is 0.884. The van der Waals surface area contributed by atoms with Crippen molar-refractivity contribution in [2.45, 2.75) is 19.3 Å². The molecule has 0 radical (unpaired) electrons. The summed E-state index contributed by atoms with van der Waals surface area (Å²) in [7, 11) is 0. The number of rotatable bonds is 2. The fourth-order valence-electron chi connectivity index (χ4n) is 2.31. The van der Waals surface area contributed by atoms with E-state index in [1.807, 2.05) is 12.1 Å². The lowest BCUT2D eigenvalue weighted by Gasteiger charge is -2.30. The third-order valence-electron chi connectivity index (χ3n) is 3.36.